The minimum atomic E-state index is -0.362. The zero-order valence-corrected chi connectivity index (χ0v) is 9.35. The molecule has 0 aliphatic carbocycles. The van der Waals surface area contributed by atoms with Crippen molar-refractivity contribution in [3.8, 4) is 0 Å². The monoisotopic (exact) mass is 223 g/mol. The summed E-state index contributed by atoms with van der Waals surface area (Å²) in [5, 5.41) is 0. The Hall–Kier alpha value is -1.58. The SMILES string of the molecule is C=CCOC(=O)N1CCC[C@H]1CC(=O)C=C. The number of carbonyl (C=O) groups is 2. The van der Waals surface area contributed by atoms with Crippen LogP contribution in [-0.4, -0.2) is 36.0 Å². The Kier molecular flexibility index (Phi) is 4.76. The van der Waals surface area contributed by atoms with Crippen molar-refractivity contribution >= 4 is 11.9 Å². The highest BCUT2D eigenvalue weighted by molar-refractivity contribution is 5.89. The van der Waals surface area contributed by atoms with Crippen molar-refractivity contribution in [2.24, 2.45) is 0 Å². The van der Waals surface area contributed by atoms with E-state index in [-0.39, 0.29) is 24.5 Å². The fourth-order valence-electron chi connectivity index (χ4n) is 1.82. The molecule has 1 amide bonds. The molecule has 16 heavy (non-hydrogen) atoms. The fourth-order valence-corrected chi connectivity index (χ4v) is 1.82. The molecule has 1 atom stereocenters. The highest BCUT2D eigenvalue weighted by atomic mass is 16.6. The average molecular weight is 223 g/mol. The number of ketones is 1. The number of ether oxygens (including phenoxy) is 1. The lowest BCUT2D eigenvalue weighted by atomic mass is 10.1. The molecule has 0 spiro atoms. The standard InChI is InChI=1S/C12H17NO3/c1-3-8-16-12(15)13-7-5-6-10(13)9-11(14)4-2/h3-4,10H,1-2,5-9H2/t10-/m0/s1. The van der Waals surface area contributed by atoms with Gasteiger partial charge in [0.25, 0.3) is 0 Å². The van der Waals surface area contributed by atoms with Gasteiger partial charge >= 0.3 is 6.09 Å². The van der Waals surface area contributed by atoms with Gasteiger partial charge in [0.05, 0.1) is 0 Å². The van der Waals surface area contributed by atoms with E-state index in [1.807, 2.05) is 0 Å². The molecule has 0 aromatic heterocycles. The van der Waals surface area contributed by atoms with Crippen molar-refractivity contribution in [1.82, 2.24) is 4.90 Å². The first-order valence-electron chi connectivity index (χ1n) is 5.38. The number of carbonyl (C=O) groups excluding carboxylic acids is 2. The average Bonchev–Trinajstić information content (AvgIpc) is 2.73. The first kappa shape index (κ1) is 12.5. The van der Waals surface area contributed by atoms with E-state index in [0.29, 0.717) is 13.0 Å². The van der Waals surface area contributed by atoms with Crippen molar-refractivity contribution in [2.45, 2.75) is 25.3 Å². The van der Waals surface area contributed by atoms with Gasteiger partial charge in [0.2, 0.25) is 0 Å². The summed E-state index contributed by atoms with van der Waals surface area (Å²) >= 11 is 0. The highest BCUT2D eigenvalue weighted by Crippen LogP contribution is 2.21. The molecule has 4 heteroatoms. The third kappa shape index (κ3) is 3.22. The van der Waals surface area contributed by atoms with Crippen molar-refractivity contribution in [2.75, 3.05) is 13.2 Å². The lowest BCUT2D eigenvalue weighted by Gasteiger charge is -2.22. The summed E-state index contributed by atoms with van der Waals surface area (Å²) in [6, 6.07) is -0.0391. The normalized spacial score (nSPS) is 19.2. The van der Waals surface area contributed by atoms with Gasteiger partial charge < -0.3 is 9.64 Å². The zero-order valence-electron chi connectivity index (χ0n) is 9.35. The van der Waals surface area contributed by atoms with Crippen LogP contribution in [0.4, 0.5) is 4.79 Å². The Morgan fingerprint density at radius 2 is 2.19 bits per heavy atom. The maximum Gasteiger partial charge on any atom is 0.410 e. The maximum absolute atomic E-state index is 11.6. The molecule has 88 valence electrons. The Balaban J connectivity index is 2.50. The molecule has 0 aromatic carbocycles. The molecular weight excluding hydrogens is 206 g/mol. The van der Waals surface area contributed by atoms with Crippen molar-refractivity contribution in [3.63, 3.8) is 0 Å². The number of allylic oxidation sites excluding steroid dienone is 1. The molecule has 4 nitrogen and oxygen atoms in total. The number of amides is 1. The van der Waals surface area contributed by atoms with E-state index >= 15 is 0 Å². The smallest absolute Gasteiger partial charge is 0.410 e. The molecule has 1 rings (SSSR count). The summed E-state index contributed by atoms with van der Waals surface area (Å²) in [4.78, 5) is 24.5. The summed E-state index contributed by atoms with van der Waals surface area (Å²) in [7, 11) is 0. The molecule has 0 saturated carbocycles. The topological polar surface area (TPSA) is 46.6 Å². The van der Waals surface area contributed by atoms with Crippen molar-refractivity contribution in [1.29, 1.82) is 0 Å². The van der Waals surface area contributed by atoms with E-state index in [1.165, 1.54) is 12.2 Å². The number of nitrogens with zero attached hydrogens (tertiary/aromatic N) is 1. The lowest BCUT2D eigenvalue weighted by molar-refractivity contribution is -0.115. The summed E-state index contributed by atoms with van der Waals surface area (Å²) in [5.74, 6) is -0.0339. The number of likely N-dealkylation sites (tertiary alicyclic amines) is 1. The molecule has 0 N–H and O–H groups in total. The van der Waals surface area contributed by atoms with Crippen LogP contribution in [0.1, 0.15) is 19.3 Å². The summed E-state index contributed by atoms with van der Waals surface area (Å²) in [5.41, 5.74) is 0. The largest absolute Gasteiger partial charge is 0.445 e. The summed E-state index contributed by atoms with van der Waals surface area (Å²) < 4.78 is 4.95. The van der Waals surface area contributed by atoms with Crippen LogP contribution in [0, 0.1) is 0 Å². The van der Waals surface area contributed by atoms with Crippen LogP contribution >= 0.6 is 0 Å². The van der Waals surface area contributed by atoms with E-state index < -0.39 is 0 Å². The maximum atomic E-state index is 11.6. The molecule has 1 fully saturated rings. The van der Waals surface area contributed by atoms with Crippen molar-refractivity contribution < 1.29 is 14.3 Å². The van der Waals surface area contributed by atoms with Gasteiger partial charge in [0, 0.05) is 19.0 Å². The van der Waals surface area contributed by atoms with Crippen LogP contribution in [0.2, 0.25) is 0 Å². The van der Waals surface area contributed by atoms with E-state index in [0.717, 1.165) is 12.8 Å². The van der Waals surface area contributed by atoms with Crippen LogP contribution in [-0.2, 0) is 9.53 Å². The number of rotatable bonds is 5. The molecule has 1 saturated heterocycles. The van der Waals surface area contributed by atoms with Gasteiger partial charge in [-0.25, -0.2) is 4.79 Å². The van der Waals surface area contributed by atoms with Crippen LogP contribution < -0.4 is 0 Å². The van der Waals surface area contributed by atoms with Gasteiger partial charge in [0.15, 0.2) is 5.78 Å². The van der Waals surface area contributed by atoms with E-state index in [1.54, 1.807) is 4.90 Å². The van der Waals surface area contributed by atoms with E-state index in [2.05, 4.69) is 13.2 Å². The number of hydrogen-bond donors (Lipinski definition) is 0. The summed E-state index contributed by atoms with van der Waals surface area (Å²) in [6.07, 6.45) is 4.57. The second kappa shape index (κ2) is 6.10. The Morgan fingerprint density at radius 1 is 1.44 bits per heavy atom. The molecule has 0 unspecified atom stereocenters. The first-order valence-corrected chi connectivity index (χ1v) is 5.38. The van der Waals surface area contributed by atoms with Gasteiger partial charge in [-0.2, -0.15) is 0 Å². The lowest BCUT2D eigenvalue weighted by Crippen LogP contribution is -2.37. The molecule has 1 heterocycles. The quantitative estimate of drug-likeness (QED) is 0.528. The molecule has 0 bridgehead atoms. The van der Waals surface area contributed by atoms with Crippen LogP contribution in [0.15, 0.2) is 25.3 Å². The predicted octanol–water partition coefficient (Wildman–Crippen LogP) is 1.92. The molecule has 0 aromatic rings. The Morgan fingerprint density at radius 3 is 2.81 bits per heavy atom. The Labute approximate surface area is 95.6 Å². The van der Waals surface area contributed by atoms with E-state index in [9.17, 15) is 9.59 Å². The third-order valence-corrected chi connectivity index (χ3v) is 2.60. The highest BCUT2D eigenvalue weighted by Gasteiger charge is 2.30. The van der Waals surface area contributed by atoms with Crippen molar-refractivity contribution in [3.05, 3.63) is 25.3 Å². The van der Waals surface area contributed by atoms with Gasteiger partial charge in [-0.1, -0.05) is 19.2 Å². The molecule has 0 radical (unpaired) electrons. The zero-order chi connectivity index (χ0) is 12.0. The molecule has 1 aliphatic heterocycles. The minimum Gasteiger partial charge on any atom is -0.445 e. The van der Waals surface area contributed by atoms with E-state index in [4.69, 9.17) is 4.74 Å². The minimum absolute atomic E-state index is 0.0339. The molecule has 1 aliphatic rings. The van der Waals surface area contributed by atoms with Crippen LogP contribution in [0.25, 0.3) is 0 Å². The second-order valence-electron chi connectivity index (χ2n) is 3.73. The van der Waals surface area contributed by atoms with Gasteiger partial charge in [-0.15, -0.1) is 0 Å². The first-order chi connectivity index (χ1) is 7.69. The van der Waals surface area contributed by atoms with Crippen LogP contribution in [0.5, 0.6) is 0 Å². The Bertz CT molecular complexity index is 299. The van der Waals surface area contributed by atoms with Gasteiger partial charge in [0.1, 0.15) is 6.61 Å². The third-order valence-electron chi connectivity index (χ3n) is 2.60. The second-order valence-corrected chi connectivity index (χ2v) is 3.73. The van der Waals surface area contributed by atoms with Gasteiger partial charge in [-0.05, 0) is 18.9 Å². The van der Waals surface area contributed by atoms with Crippen LogP contribution in [0.3, 0.4) is 0 Å². The predicted molar refractivity (Wildman–Crippen MR) is 61.1 cm³/mol. The molecular formula is C12H17NO3. The fraction of sp³-hybridized carbons (Fsp3) is 0.500. The number of hydrogen-bond acceptors (Lipinski definition) is 3. The summed E-state index contributed by atoms with van der Waals surface area (Å²) in [6.45, 7) is 7.77. The van der Waals surface area contributed by atoms with Gasteiger partial charge in [-0.3, -0.25) is 4.79 Å².